The Kier molecular flexibility index (Phi) is 15.7. The molecule has 0 amide bonds. The molecule has 2 aliphatic carbocycles. The molecule has 2 saturated carbocycles. The van der Waals surface area contributed by atoms with Crippen LogP contribution in [0, 0.1) is 6.92 Å². The maximum absolute atomic E-state index is 2.50. The molecule has 2 fully saturated rings. The molecule has 4 aromatic rings. The molecule has 6 rings (SSSR count). The molecule has 0 aromatic heterocycles. The van der Waals surface area contributed by atoms with Gasteiger partial charge < -0.3 is 0 Å². The van der Waals surface area contributed by atoms with E-state index in [1.165, 1.54) is 103 Å². The Bertz CT molecular complexity index is 1760. The van der Waals surface area contributed by atoms with Crippen LogP contribution < -0.4 is 10.6 Å². The Balaban J connectivity index is 0.000000216. The van der Waals surface area contributed by atoms with E-state index in [0.717, 1.165) is 11.3 Å². The van der Waals surface area contributed by atoms with Crippen molar-refractivity contribution in [1.82, 2.24) is 0 Å². The van der Waals surface area contributed by atoms with Gasteiger partial charge in [0.05, 0.1) is 0 Å². The van der Waals surface area contributed by atoms with Gasteiger partial charge in [-0.05, 0) is 127 Å². The first-order valence-electron chi connectivity index (χ1n) is 22.5. The third-order valence-corrected chi connectivity index (χ3v) is 19.7. The van der Waals surface area contributed by atoms with Gasteiger partial charge >= 0.3 is 0 Å². The van der Waals surface area contributed by atoms with Crippen LogP contribution in [0.5, 0.6) is 0 Å². The summed E-state index contributed by atoms with van der Waals surface area (Å²) < 4.78 is 0. The first kappa shape index (κ1) is 44.8. The Morgan fingerprint density at radius 1 is 0.500 bits per heavy atom. The predicted octanol–water partition coefficient (Wildman–Crippen LogP) is 16.9. The normalized spacial score (nSPS) is 16.2. The fourth-order valence-electron chi connectivity index (χ4n) is 10.1. The van der Waals surface area contributed by atoms with Gasteiger partial charge in [-0.25, -0.2) is 0 Å². The molecule has 0 N–H and O–H groups in total. The standard InChI is InChI=1S/C29H45P.C25H33P/c1-19(2)22-17-24(20(3)4)27(25(18-22)21(5)6)23-15-13-14-16-26(23)30(28(7,8)9)29(10,11)12;1-20-24(21-12-5-2-6-13-21)18-11-19-25(20)26(22-14-7-3-8-15-22)23-16-9-4-10-17-23/h13-21H,1-12H3;2,5-6,11-13,18-19,22-23H,3-4,7-10,14-17H2,1H3. The number of benzene rings is 4. The van der Waals surface area contributed by atoms with E-state index in [-0.39, 0.29) is 26.2 Å². The topological polar surface area (TPSA) is 0 Å². The lowest BCUT2D eigenvalue weighted by Crippen LogP contribution is -2.32. The van der Waals surface area contributed by atoms with Crippen molar-refractivity contribution in [1.29, 1.82) is 0 Å². The van der Waals surface area contributed by atoms with Crippen LogP contribution >= 0.6 is 15.8 Å². The second kappa shape index (κ2) is 19.7. The summed E-state index contributed by atoms with van der Waals surface area (Å²) in [6.45, 7) is 31.0. The lowest BCUT2D eigenvalue weighted by molar-refractivity contribution is 0.487. The van der Waals surface area contributed by atoms with Crippen molar-refractivity contribution in [2.24, 2.45) is 0 Å². The largest absolute Gasteiger partial charge is 0.0686 e. The molecule has 0 atom stereocenters. The molecule has 2 aliphatic rings. The molecule has 0 saturated heterocycles. The molecule has 2 heteroatoms. The van der Waals surface area contributed by atoms with Crippen LogP contribution in [0.15, 0.2) is 84.9 Å². The molecule has 0 aliphatic heterocycles. The molecular formula is C54H78P2. The van der Waals surface area contributed by atoms with Gasteiger partial charge in [-0.1, -0.05) is 222 Å². The van der Waals surface area contributed by atoms with E-state index in [0.29, 0.717) is 17.8 Å². The van der Waals surface area contributed by atoms with Crippen LogP contribution in [-0.2, 0) is 0 Å². The van der Waals surface area contributed by atoms with Crippen LogP contribution in [0.2, 0.25) is 0 Å². The molecule has 0 unspecified atom stereocenters. The van der Waals surface area contributed by atoms with E-state index in [4.69, 9.17) is 0 Å². The monoisotopic (exact) mass is 789 g/mol. The van der Waals surface area contributed by atoms with Crippen LogP contribution in [0.4, 0.5) is 0 Å². The van der Waals surface area contributed by atoms with Gasteiger partial charge in [0.25, 0.3) is 0 Å². The van der Waals surface area contributed by atoms with Crippen LogP contribution in [-0.4, -0.2) is 21.6 Å². The number of hydrogen-bond donors (Lipinski definition) is 0. The lowest BCUT2D eigenvalue weighted by Gasteiger charge is -2.43. The van der Waals surface area contributed by atoms with Gasteiger partial charge in [-0.3, -0.25) is 0 Å². The van der Waals surface area contributed by atoms with E-state index < -0.39 is 0 Å². The molecular weight excluding hydrogens is 711 g/mol. The van der Waals surface area contributed by atoms with Crippen molar-refractivity contribution in [2.45, 2.75) is 194 Å². The highest BCUT2D eigenvalue weighted by atomic mass is 31.1. The third kappa shape index (κ3) is 10.9. The van der Waals surface area contributed by atoms with Crippen LogP contribution in [0.3, 0.4) is 0 Å². The second-order valence-electron chi connectivity index (χ2n) is 20.0. The minimum Gasteiger partial charge on any atom is -0.0686 e. The second-order valence-corrected chi connectivity index (χ2v) is 26.6. The van der Waals surface area contributed by atoms with Crippen molar-refractivity contribution in [3.63, 3.8) is 0 Å². The van der Waals surface area contributed by atoms with E-state index in [1.54, 1.807) is 16.2 Å². The van der Waals surface area contributed by atoms with E-state index in [9.17, 15) is 0 Å². The summed E-state index contributed by atoms with van der Waals surface area (Å²) in [5, 5.41) is 3.79. The Morgan fingerprint density at radius 3 is 1.41 bits per heavy atom. The maximum atomic E-state index is 2.50. The van der Waals surface area contributed by atoms with Crippen LogP contribution in [0.25, 0.3) is 22.3 Å². The highest BCUT2D eigenvalue weighted by Crippen LogP contribution is 2.60. The third-order valence-electron chi connectivity index (χ3n) is 12.5. The summed E-state index contributed by atoms with van der Waals surface area (Å²) in [7, 11) is -0.385. The molecule has 4 aromatic carbocycles. The molecule has 0 heterocycles. The summed E-state index contributed by atoms with van der Waals surface area (Å²) in [6, 6.07) is 32.5. The zero-order valence-electron chi connectivity index (χ0n) is 37.9. The van der Waals surface area contributed by atoms with E-state index >= 15 is 0 Å². The van der Waals surface area contributed by atoms with Crippen molar-refractivity contribution >= 4 is 26.5 Å². The fraction of sp³-hybridized carbons (Fsp3) is 0.556. The zero-order valence-corrected chi connectivity index (χ0v) is 39.7. The van der Waals surface area contributed by atoms with E-state index in [1.807, 2.05) is 0 Å². The summed E-state index contributed by atoms with van der Waals surface area (Å²) in [5.74, 6) is 1.55. The highest BCUT2D eigenvalue weighted by molar-refractivity contribution is 7.68. The maximum Gasteiger partial charge on any atom is -0.0101 e. The quantitative estimate of drug-likeness (QED) is 0.148. The van der Waals surface area contributed by atoms with Crippen molar-refractivity contribution in [3.05, 3.63) is 107 Å². The first-order chi connectivity index (χ1) is 26.5. The van der Waals surface area contributed by atoms with Gasteiger partial charge in [-0.15, -0.1) is 0 Å². The van der Waals surface area contributed by atoms with E-state index in [2.05, 4.69) is 175 Å². The Morgan fingerprint density at radius 2 is 0.946 bits per heavy atom. The Labute approximate surface area is 348 Å². The van der Waals surface area contributed by atoms with Crippen LogP contribution in [0.1, 0.15) is 187 Å². The van der Waals surface area contributed by atoms with Gasteiger partial charge in [0.15, 0.2) is 0 Å². The number of hydrogen-bond acceptors (Lipinski definition) is 0. The fourth-order valence-corrected chi connectivity index (χ4v) is 18.2. The minimum atomic E-state index is -0.366. The summed E-state index contributed by atoms with van der Waals surface area (Å²) >= 11 is 0. The SMILES string of the molecule is CC(C)c1cc(C(C)C)c(-c2ccccc2P(C(C)(C)C)C(C)(C)C)c(C(C)C)c1.Cc1c(-c2ccccc2)cccc1P(C1CCCCC1)C1CCCCC1. The average molecular weight is 789 g/mol. The zero-order chi connectivity index (χ0) is 40.8. The highest BCUT2D eigenvalue weighted by Gasteiger charge is 2.38. The molecule has 0 bridgehead atoms. The van der Waals surface area contributed by atoms with Gasteiger partial charge in [0.2, 0.25) is 0 Å². The molecule has 304 valence electrons. The summed E-state index contributed by atoms with van der Waals surface area (Å²) in [6.07, 6.45) is 14.7. The molecule has 56 heavy (non-hydrogen) atoms. The van der Waals surface area contributed by atoms with Gasteiger partial charge in [0, 0.05) is 0 Å². The van der Waals surface area contributed by atoms with Crippen molar-refractivity contribution < 1.29 is 0 Å². The number of rotatable bonds is 9. The lowest BCUT2D eigenvalue weighted by atomic mass is 9.82. The smallest absolute Gasteiger partial charge is 0.0101 e. The van der Waals surface area contributed by atoms with Crippen molar-refractivity contribution in [3.8, 4) is 22.3 Å². The molecule has 0 nitrogen and oxygen atoms in total. The Hall–Kier alpha value is -2.26. The average Bonchev–Trinajstić information content (AvgIpc) is 3.15. The van der Waals surface area contributed by atoms with Gasteiger partial charge in [0.1, 0.15) is 0 Å². The summed E-state index contributed by atoms with van der Waals surface area (Å²) in [5.41, 5.74) is 13.8. The minimum absolute atomic E-state index is 0.0195. The van der Waals surface area contributed by atoms with Crippen molar-refractivity contribution in [2.75, 3.05) is 0 Å². The summed E-state index contributed by atoms with van der Waals surface area (Å²) in [4.78, 5) is 0. The molecule has 0 spiro atoms. The predicted molar refractivity (Wildman–Crippen MR) is 257 cm³/mol. The van der Waals surface area contributed by atoms with Gasteiger partial charge in [-0.2, -0.15) is 0 Å². The first-order valence-corrected chi connectivity index (χ1v) is 25.3. The molecule has 0 radical (unpaired) electrons.